The highest BCUT2D eigenvalue weighted by molar-refractivity contribution is 5.58. The van der Waals surface area contributed by atoms with Gasteiger partial charge in [0, 0.05) is 12.2 Å². The molecule has 3 nitrogen and oxygen atoms in total. The number of hydrogen-bond donors (Lipinski definition) is 1. The lowest BCUT2D eigenvalue weighted by Crippen LogP contribution is -2.05. The van der Waals surface area contributed by atoms with E-state index < -0.39 is 0 Å². The van der Waals surface area contributed by atoms with Gasteiger partial charge in [-0.1, -0.05) is 0 Å². The van der Waals surface area contributed by atoms with Crippen LogP contribution in [0.25, 0.3) is 0 Å². The van der Waals surface area contributed by atoms with Gasteiger partial charge in [-0.15, -0.1) is 0 Å². The zero-order valence-electron chi connectivity index (χ0n) is 10.7. The molecule has 1 rings (SSSR count). The van der Waals surface area contributed by atoms with E-state index in [0.717, 1.165) is 33.8 Å². The van der Waals surface area contributed by atoms with Crippen LogP contribution in [0.5, 0.6) is 11.5 Å². The van der Waals surface area contributed by atoms with Crippen molar-refractivity contribution in [1.82, 2.24) is 0 Å². The van der Waals surface area contributed by atoms with Crippen molar-refractivity contribution >= 4 is 0 Å². The van der Waals surface area contributed by atoms with Gasteiger partial charge in [0.05, 0.1) is 14.2 Å². The maximum Gasteiger partial charge on any atom is 0.125 e. The Balaban J connectivity index is 3.50. The molecule has 3 heteroatoms. The molecule has 1 aromatic carbocycles. The molecule has 0 spiro atoms. The molecule has 90 valence electrons. The quantitative estimate of drug-likeness (QED) is 0.851. The summed E-state index contributed by atoms with van der Waals surface area (Å²) in [7, 11) is 3.33. The number of aliphatic hydroxyl groups is 1. The fraction of sp³-hybridized carbons (Fsp3) is 0.538. The van der Waals surface area contributed by atoms with Crippen LogP contribution in [0.2, 0.25) is 0 Å². The highest BCUT2D eigenvalue weighted by Crippen LogP contribution is 2.37. The topological polar surface area (TPSA) is 38.7 Å². The molecule has 0 atom stereocenters. The van der Waals surface area contributed by atoms with Crippen molar-refractivity contribution in [2.75, 3.05) is 20.8 Å². The summed E-state index contributed by atoms with van der Waals surface area (Å²) in [6.45, 7) is 6.14. The lowest BCUT2D eigenvalue weighted by molar-refractivity contribution is 0.295. The summed E-state index contributed by atoms with van der Waals surface area (Å²) in [4.78, 5) is 0. The lowest BCUT2D eigenvalue weighted by Gasteiger charge is -2.19. The third-order valence-corrected chi connectivity index (χ3v) is 3.08. The third-order valence-electron chi connectivity index (χ3n) is 3.08. The molecule has 0 unspecified atom stereocenters. The van der Waals surface area contributed by atoms with Crippen LogP contribution in [-0.4, -0.2) is 25.9 Å². The summed E-state index contributed by atoms with van der Waals surface area (Å²) in [5.74, 6) is 1.76. The van der Waals surface area contributed by atoms with Crippen LogP contribution in [0.3, 0.4) is 0 Å². The van der Waals surface area contributed by atoms with Crippen LogP contribution >= 0.6 is 0 Å². The minimum atomic E-state index is 0.114. The standard InChI is InChI=1S/C13H20O3/c1-8-9(2)13(16-5)11(6-7-14)10(3)12(8)15-4/h14H,6-7H2,1-5H3. The zero-order chi connectivity index (χ0) is 12.3. The predicted molar refractivity (Wildman–Crippen MR) is 64.5 cm³/mol. The normalized spacial score (nSPS) is 10.4. The molecule has 1 N–H and O–H groups in total. The van der Waals surface area contributed by atoms with E-state index in [9.17, 15) is 0 Å². The predicted octanol–water partition coefficient (Wildman–Crippen LogP) is 2.16. The Kier molecular flexibility index (Phi) is 4.19. The monoisotopic (exact) mass is 224 g/mol. The molecular formula is C13H20O3. The minimum absolute atomic E-state index is 0.114. The first-order valence-corrected chi connectivity index (χ1v) is 5.39. The van der Waals surface area contributed by atoms with Gasteiger partial charge in [-0.25, -0.2) is 0 Å². The van der Waals surface area contributed by atoms with Gasteiger partial charge in [0.2, 0.25) is 0 Å². The minimum Gasteiger partial charge on any atom is -0.496 e. The number of aliphatic hydroxyl groups excluding tert-OH is 1. The van der Waals surface area contributed by atoms with Gasteiger partial charge in [0.25, 0.3) is 0 Å². The van der Waals surface area contributed by atoms with E-state index in [-0.39, 0.29) is 6.61 Å². The summed E-state index contributed by atoms with van der Waals surface area (Å²) < 4.78 is 10.8. The number of rotatable bonds is 4. The molecule has 0 saturated carbocycles. The van der Waals surface area contributed by atoms with E-state index >= 15 is 0 Å². The van der Waals surface area contributed by atoms with Gasteiger partial charge in [-0.2, -0.15) is 0 Å². The van der Waals surface area contributed by atoms with Crippen LogP contribution in [0.15, 0.2) is 0 Å². The summed E-state index contributed by atoms with van der Waals surface area (Å²) in [5, 5.41) is 9.09. The van der Waals surface area contributed by atoms with Crippen molar-refractivity contribution in [2.45, 2.75) is 27.2 Å². The van der Waals surface area contributed by atoms with Crippen molar-refractivity contribution in [3.63, 3.8) is 0 Å². The Labute approximate surface area is 97.0 Å². The van der Waals surface area contributed by atoms with Gasteiger partial charge in [0.15, 0.2) is 0 Å². The number of ether oxygens (including phenoxy) is 2. The highest BCUT2D eigenvalue weighted by atomic mass is 16.5. The molecule has 0 aliphatic rings. The molecule has 0 amide bonds. The van der Waals surface area contributed by atoms with E-state index in [1.165, 1.54) is 0 Å². The van der Waals surface area contributed by atoms with Gasteiger partial charge < -0.3 is 14.6 Å². The summed E-state index contributed by atoms with van der Waals surface area (Å²) >= 11 is 0. The van der Waals surface area contributed by atoms with Crippen molar-refractivity contribution < 1.29 is 14.6 Å². The molecule has 0 aromatic heterocycles. The molecule has 0 saturated heterocycles. The SMILES string of the molecule is COc1c(C)c(C)c(OC)c(CCO)c1C. The smallest absolute Gasteiger partial charge is 0.125 e. The molecule has 0 fully saturated rings. The Bertz CT molecular complexity index is 383. The molecule has 0 aliphatic carbocycles. The maximum absolute atomic E-state index is 9.09. The Hall–Kier alpha value is -1.22. The number of hydrogen-bond acceptors (Lipinski definition) is 3. The van der Waals surface area contributed by atoms with Crippen molar-refractivity contribution in [3.05, 3.63) is 22.3 Å². The molecular weight excluding hydrogens is 204 g/mol. The van der Waals surface area contributed by atoms with Crippen molar-refractivity contribution in [3.8, 4) is 11.5 Å². The van der Waals surface area contributed by atoms with Crippen molar-refractivity contribution in [1.29, 1.82) is 0 Å². The van der Waals surface area contributed by atoms with Crippen LogP contribution in [-0.2, 0) is 6.42 Å². The van der Waals surface area contributed by atoms with E-state index in [4.69, 9.17) is 14.6 Å². The second kappa shape index (κ2) is 5.21. The fourth-order valence-electron chi connectivity index (χ4n) is 2.15. The van der Waals surface area contributed by atoms with E-state index in [0.29, 0.717) is 6.42 Å². The fourth-order valence-corrected chi connectivity index (χ4v) is 2.15. The first-order chi connectivity index (χ1) is 7.58. The molecule has 0 aliphatic heterocycles. The third kappa shape index (κ3) is 2.00. The van der Waals surface area contributed by atoms with Crippen molar-refractivity contribution in [2.24, 2.45) is 0 Å². The summed E-state index contributed by atoms with van der Waals surface area (Å²) in [5.41, 5.74) is 4.26. The molecule has 0 heterocycles. The van der Waals surface area contributed by atoms with E-state index in [2.05, 4.69) is 0 Å². The summed E-state index contributed by atoms with van der Waals surface area (Å²) in [6, 6.07) is 0. The Morgan fingerprint density at radius 2 is 1.38 bits per heavy atom. The average molecular weight is 224 g/mol. The maximum atomic E-state index is 9.09. The average Bonchev–Trinajstić information content (AvgIpc) is 2.27. The van der Waals surface area contributed by atoms with Gasteiger partial charge in [0.1, 0.15) is 11.5 Å². The Morgan fingerprint density at radius 1 is 0.875 bits per heavy atom. The van der Waals surface area contributed by atoms with Gasteiger partial charge >= 0.3 is 0 Å². The van der Waals surface area contributed by atoms with Crippen LogP contribution < -0.4 is 9.47 Å². The molecule has 16 heavy (non-hydrogen) atoms. The van der Waals surface area contributed by atoms with Crippen LogP contribution in [0, 0.1) is 20.8 Å². The van der Waals surface area contributed by atoms with E-state index in [1.807, 2.05) is 20.8 Å². The molecule has 0 bridgehead atoms. The summed E-state index contributed by atoms with van der Waals surface area (Å²) in [6.07, 6.45) is 0.590. The second-order valence-corrected chi connectivity index (χ2v) is 3.89. The molecule has 0 radical (unpaired) electrons. The lowest BCUT2D eigenvalue weighted by atomic mass is 9.95. The first-order valence-electron chi connectivity index (χ1n) is 5.39. The largest absolute Gasteiger partial charge is 0.496 e. The first kappa shape index (κ1) is 12.8. The van der Waals surface area contributed by atoms with Gasteiger partial charge in [-0.3, -0.25) is 0 Å². The highest BCUT2D eigenvalue weighted by Gasteiger charge is 2.17. The van der Waals surface area contributed by atoms with E-state index in [1.54, 1.807) is 14.2 Å². The van der Waals surface area contributed by atoms with Crippen LogP contribution in [0.4, 0.5) is 0 Å². The number of benzene rings is 1. The number of methoxy groups -OCH3 is 2. The molecule has 1 aromatic rings. The van der Waals surface area contributed by atoms with Gasteiger partial charge in [-0.05, 0) is 43.9 Å². The zero-order valence-corrected chi connectivity index (χ0v) is 10.7. The second-order valence-electron chi connectivity index (χ2n) is 3.89. The van der Waals surface area contributed by atoms with Crippen LogP contribution in [0.1, 0.15) is 22.3 Å². The Morgan fingerprint density at radius 3 is 1.81 bits per heavy atom.